The number of allylic oxidation sites excluding steroid dienone is 2. The number of hydrogen-bond donors (Lipinski definition) is 1. The van der Waals surface area contributed by atoms with Crippen LogP contribution in [0.2, 0.25) is 0 Å². The van der Waals surface area contributed by atoms with Crippen LogP contribution in [0.5, 0.6) is 0 Å². The molecule has 0 saturated heterocycles. The quantitative estimate of drug-likeness (QED) is 0.632. The van der Waals surface area contributed by atoms with Crippen LogP contribution in [0.1, 0.15) is 12.8 Å². The van der Waals surface area contributed by atoms with Gasteiger partial charge in [-0.2, -0.15) is 13.5 Å². The van der Waals surface area contributed by atoms with Crippen molar-refractivity contribution in [3.05, 3.63) is 42.5 Å². The Morgan fingerprint density at radius 1 is 0.857 bits per heavy atom. The zero-order valence-electron chi connectivity index (χ0n) is 15.3. The van der Waals surface area contributed by atoms with Gasteiger partial charge in [0.25, 0.3) is 10.0 Å². The standard InChI is InChI=1S/C22H22N2O3S/c25-16-9-14-13-8-15(23-24-28(26,27)10-4-2-1-3-5-10)18-11-6-7-12-17(11)22(20(13)18)21(14)19(12)16/h1-7,11-14,17-22,24H,8-9H2/b23-15+. The molecule has 10 unspecified atom stereocenters. The minimum absolute atomic E-state index is 0.242. The molecule has 0 spiro atoms. The Kier molecular flexibility index (Phi) is 2.82. The predicted molar refractivity (Wildman–Crippen MR) is 102 cm³/mol. The summed E-state index contributed by atoms with van der Waals surface area (Å²) >= 11 is 0. The number of hydrogen-bond acceptors (Lipinski definition) is 4. The van der Waals surface area contributed by atoms with Gasteiger partial charge in [-0.25, -0.2) is 4.83 Å². The predicted octanol–water partition coefficient (Wildman–Crippen LogP) is 2.47. The van der Waals surface area contributed by atoms with E-state index >= 15 is 0 Å². The smallest absolute Gasteiger partial charge is 0.276 e. The van der Waals surface area contributed by atoms with Gasteiger partial charge in [-0.3, -0.25) is 4.79 Å². The molecular weight excluding hydrogens is 372 g/mol. The molecule has 0 aliphatic heterocycles. The molecule has 6 aliphatic rings. The van der Waals surface area contributed by atoms with E-state index in [4.69, 9.17) is 0 Å². The van der Waals surface area contributed by atoms with E-state index in [1.807, 2.05) is 0 Å². The first-order valence-corrected chi connectivity index (χ1v) is 11.9. The van der Waals surface area contributed by atoms with Gasteiger partial charge in [-0.15, -0.1) is 0 Å². The van der Waals surface area contributed by atoms with Gasteiger partial charge < -0.3 is 0 Å². The summed E-state index contributed by atoms with van der Waals surface area (Å²) in [5.41, 5.74) is 1.02. The number of carbonyl (C=O) groups is 1. The zero-order chi connectivity index (χ0) is 18.8. The van der Waals surface area contributed by atoms with Crippen molar-refractivity contribution in [2.75, 3.05) is 0 Å². The molecule has 0 amide bonds. The fraction of sp³-hybridized carbons (Fsp3) is 0.545. The minimum atomic E-state index is -3.64. The maximum atomic E-state index is 12.7. The number of hydrazone groups is 1. The topological polar surface area (TPSA) is 75.6 Å². The molecule has 5 nitrogen and oxygen atoms in total. The summed E-state index contributed by atoms with van der Waals surface area (Å²) in [6, 6.07) is 8.42. The van der Waals surface area contributed by atoms with Crippen LogP contribution < -0.4 is 4.83 Å². The maximum absolute atomic E-state index is 12.7. The van der Waals surface area contributed by atoms with E-state index in [0.29, 0.717) is 59.0 Å². The lowest BCUT2D eigenvalue weighted by atomic mass is 9.83. The van der Waals surface area contributed by atoms with Crippen molar-refractivity contribution in [2.45, 2.75) is 17.7 Å². The molecule has 0 bridgehead atoms. The highest BCUT2D eigenvalue weighted by Crippen LogP contribution is 2.77. The second kappa shape index (κ2) is 4.96. The highest BCUT2D eigenvalue weighted by atomic mass is 32.2. The summed E-state index contributed by atoms with van der Waals surface area (Å²) in [4.78, 5) is 15.5. The maximum Gasteiger partial charge on any atom is 0.276 e. The second-order valence-electron chi connectivity index (χ2n) is 9.61. The summed E-state index contributed by atoms with van der Waals surface area (Å²) < 4.78 is 25.2. The number of rotatable bonds is 3. The summed E-state index contributed by atoms with van der Waals surface area (Å²) in [6.45, 7) is 0. The third-order valence-corrected chi connectivity index (χ3v) is 10.2. The SMILES string of the molecule is O=C1CC2C3C/C(=N\NS(=O)(=O)c4ccccc4)C4C5C=CC6C1C2C(C65)C34. The number of Topliss-reactive ketones (excluding diaryl/α,β-unsaturated/α-hetero) is 1. The Balaban J connectivity index is 1.26. The number of sulfonamides is 1. The van der Waals surface area contributed by atoms with Crippen LogP contribution >= 0.6 is 0 Å². The van der Waals surface area contributed by atoms with E-state index in [-0.39, 0.29) is 10.8 Å². The van der Waals surface area contributed by atoms with Crippen molar-refractivity contribution in [3.63, 3.8) is 0 Å². The molecule has 5 saturated carbocycles. The number of benzene rings is 1. The van der Waals surface area contributed by atoms with Crippen molar-refractivity contribution in [3.8, 4) is 0 Å². The fourth-order valence-electron chi connectivity index (χ4n) is 8.52. The molecular formula is C22H22N2O3S. The van der Waals surface area contributed by atoms with Crippen molar-refractivity contribution in [2.24, 2.45) is 64.3 Å². The van der Waals surface area contributed by atoms with Crippen LogP contribution in [-0.2, 0) is 14.8 Å². The van der Waals surface area contributed by atoms with Crippen LogP contribution in [0.3, 0.4) is 0 Å². The van der Waals surface area contributed by atoms with Crippen molar-refractivity contribution >= 4 is 21.5 Å². The largest absolute Gasteiger partial charge is 0.299 e. The van der Waals surface area contributed by atoms with Crippen molar-refractivity contribution in [1.29, 1.82) is 0 Å². The second-order valence-corrected chi connectivity index (χ2v) is 11.3. The molecule has 1 N–H and O–H groups in total. The molecule has 1 aromatic carbocycles. The van der Waals surface area contributed by atoms with Crippen molar-refractivity contribution < 1.29 is 13.2 Å². The third kappa shape index (κ3) is 1.69. The Morgan fingerprint density at radius 2 is 1.54 bits per heavy atom. The van der Waals surface area contributed by atoms with Crippen LogP contribution in [0.15, 0.2) is 52.5 Å². The van der Waals surface area contributed by atoms with Gasteiger partial charge in [0.1, 0.15) is 5.78 Å². The van der Waals surface area contributed by atoms with Gasteiger partial charge in [0.15, 0.2) is 0 Å². The molecule has 144 valence electrons. The Hall–Kier alpha value is -1.95. The zero-order valence-corrected chi connectivity index (χ0v) is 16.1. The molecule has 0 radical (unpaired) electrons. The lowest BCUT2D eigenvalue weighted by molar-refractivity contribution is -0.122. The third-order valence-electron chi connectivity index (χ3n) is 8.98. The number of ketones is 1. The lowest BCUT2D eigenvalue weighted by Crippen LogP contribution is -2.26. The van der Waals surface area contributed by atoms with Crippen LogP contribution in [-0.4, -0.2) is 19.9 Å². The summed E-state index contributed by atoms with van der Waals surface area (Å²) in [5, 5.41) is 4.49. The summed E-state index contributed by atoms with van der Waals surface area (Å²) in [5.74, 6) is 5.50. The first kappa shape index (κ1) is 15.9. The molecule has 1 aromatic rings. The normalized spacial score (nSPS) is 50.1. The average Bonchev–Trinajstić information content (AvgIpc) is 3.45. The van der Waals surface area contributed by atoms with E-state index < -0.39 is 10.0 Å². The van der Waals surface area contributed by atoms with Gasteiger partial charge >= 0.3 is 0 Å². The lowest BCUT2D eigenvalue weighted by Gasteiger charge is -2.21. The van der Waals surface area contributed by atoms with Gasteiger partial charge in [-0.05, 0) is 65.9 Å². The average molecular weight is 394 g/mol. The molecule has 0 aromatic heterocycles. The summed E-state index contributed by atoms with van der Waals surface area (Å²) in [6.07, 6.45) is 6.24. The number of fused-ring (bicyclic) bond motifs is 3. The van der Waals surface area contributed by atoms with E-state index in [9.17, 15) is 13.2 Å². The molecule has 28 heavy (non-hydrogen) atoms. The Morgan fingerprint density at radius 3 is 2.32 bits per heavy atom. The molecule has 7 rings (SSSR count). The molecule has 5 fully saturated rings. The van der Waals surface area contributed by atoms with Crippen LogP contribution in [0, 0.1) is 59.2 Å². The first-order chi connectivity index (χ1) is 13.6. The molecule has 0 heterocycles. The number of carbonyl (C=O) groups excluding carboxylic acids is 1. The highest BCUT2D eigenvalue weighted by Gasteiger charge is 2.76. The summed E-state index contributed by atoms with van der Waals surface area (Å²) in [7, 11) is -3.64. The monoisotopic (exact) mass is 394 g/mol. The van der Waals surface area contributed by atoms with Crippen molar-refractivity contribution in [1.82, 2.24) is 4.83 Å². The Labute approximate surface area is 164 Å². The van der Waals surface area contributed by atoms with Gasteiger partial charge in [0, 0.05) is 24.0 Å². The minimum Gasteiger partial charge on any atom is -0.299 e. The van der Waals surface area contributed by atoms with Crippen LogP contribution in [0.4, 0.5) is 0 Å². The van der Waals surface area contributed by atoms with E-state index in [0.717, 1.165) is 18.6 Å². The van der Waals surface area contributed by atoms with Crippen LogP contribution in [0.25, 0.3) is 0 Å². The molecule has 10 atom stereocenters. The first-order valence-electron chi connectivity index (χ1n) is 10.4. The van der Waals surface area contributed by atoms with Gasteiger partial charge in [0.2, 0.25) is 0 Å². The fourth-order valence-corrected chi connectivity index (χ4v) is 9.38. The van der Waals surface area contributed by atoms with E-state index in [2.05, 4.69) is 22.1 Å². The Bertz CT molecular complexity index is 1060. The molecule has 6 heteroatoms. The van der Waals surface area contributed by atoms with Gasteiger partial charge in [0.05, 0.1) is 4.90 Å². The van der Waals surface area contributed by atoms with Gasteiger partial charge in [-0.1, -0.05) is 30.4 Å². The highest BCUT2D eigenvalue weighted by molar-refractivity contribution is 7.89. The van der Waals surface area contributed by atoms with E-state index in [1.54, 1.807) is 30.3 Å². The number of nitrogens with one attached hydrogen (secondary N) is 1. The number of nitrogens with zero attached hydrogens (tertiary/aromatic N) is 1. The molecule has 6 aliphatic carbocycles. The van der Waals surface area contributed by atoms with E-state index in [1.165, 1.54) is 0 Å².